The molecule has 14 N–H and O–H groups in total. The number of carbonyl (C=O) groups is 4. The number of aliphatic hydroxyl groups is 14. The summed E-state index contributed by atoms with van der Waals surface area (Å²) in [7, 11) is 0. The molecule has 14 bridgehead atoms. The number of carbonyl (C=O) groups excluding carboxylic acids is 4. The molecule has 30 atom stereocenters. The molecule has 0 aromatic heterocycles. The van der Waals surface area contributed by atoms with E-state index in [0.717, 1.165) is 0 Å². The van der Waals surface area contributed by atoms with Crippen LogP contribution < -0.4 is 0 Å². The molecule has 0 aromatic carbocycles. The van der Waals surface area contributed by atoms with E-state index in [0.29, 0.717) is 0 Å². The van der Waals surface area contributed by atoms with Gasteiger partial charge in [0, 0.05) is 0 Å². The van der Waals surface area contributed by atoms with E-state index < -0.39 is 273 Å². The predicted octanol–water partition coefficient (Wildman–Crippen LogP) is -11.3. The minimum atomic E-state index is -2.35. The van der Waals surface area contributed by atoms with Crippen LogP contribution in [0.25, 0.3) is 0 Å². The predicted molar refractivity (Wildman–Crippen MR) is 230 cm³/mol. The van der Waals surface area contributed by atoms with E-state index in [1.54, 1.807) is 0 Å². The summed E-state index contributed by atoms with van der Waals surface area (Å²) >= 11 is 0. The van der Waals surface area contributed by atoms with Gasteiger partial charge in [0.05, 0.1) is 65.3 Å². The van der Waals surface area contributed by atoms with Crippen LogP contribution in [-0.4, -0.2) is 319 Å². The van der Waals surface area contributed by atoms with Crippen LogP contribution in [0.15, 0.2) is 0 Å². The van der Waals surface area contributed by atoms with Gasteiger partial charge in [0.25, 0.3) is 0 Å². The van der Waals surface area contributed by atoms with Crippen molar-refractivity contribution in [3.63, 3.8) is 0 Å². The Balaban J connectivity index is 1.18. The standard InChI is InChI=1S/C44H64O34/c45-5-11-29-22(56)24(58)40(64-11)75-31-13(7-47)66-42-26(60)36(31)70-18(52)2-1-17(51)69-35-25(59)41(74-30-12(6-46)63-39(73-29)23(57)21(30)55)65-14(8-48)32(35)76-43-27(61)37-34(16(10-50)67-43)78-44-28(62)38(33(77-42)15(9-49)68-44)72-20(54)4-3-19(53)71-37/h11-16,21-50,55-62H,1-10H2/t11-,12-,13-,14-,15-,16-,21-,22-,23-,24-,25-,26-,27-,28-,29-,30-,31+,32+,33+,34+,35-,36-,37-,38-,39-,40-,41-,42-,43-,44-/m1/s1. The van der Waals surface area contributed by atoms with Gasteiger partial charge in [0.15, 0.2) is 62.2 Å². The molecule has 14 rings (SSSR count). The lowest BCUT2D eigenvalue weighted by molar-refractivity contribution is -0.404. The number of fused-ring (bicyclic) bond motifs is 2. The highest BCUT2D eigenvalue weighted by molar-refractivity contribution is 5.78. The van der Waals surface area contributed by atoms with E-state index in [1.807, 2.05) is 0 Å². The Hall–Kier alpha value is -3.16. The maximum atomic E-state index is 13.9. The van der Waals surface area contributed by atoms with E-state index in [1.165, 1.54) is 0 Å². The summed E-state index contributed by atoms with van der Waals surface area (Å²) in [6.45, 7) is -6.53. The molecule has 0 saturated carbocycles. The molecule has 0 aromatic rings. The average Bonchev–Trinajstić information content (AvgIpc) is 3.58. The number of hydrogen-bond acceptors (Lipinski definition) is 34. The summed E-state index contributed by atoms with van der Waals surface area (Å²) in [6.07, 6.45) is -65.1. The summed E-state index contributed by atoms with van der Waals surface area (Å²) in [5.41, 5.74) is 0. The van der Waals surface area contributed by atoms with Gasteiger partial charge in [-0.3, -0.25) is 19.2 Å². The van der Waals surface area contributed by atoms with Gasteiger partial charge in [-0.2, -0.15) is 0 Å². The fourth-order valence-electron chi connectivity index (χ4n) is 10.7. The fourth-order valence-corrected chi connectivity index (χ4v) is 10.7. The first kappa shape index (κ1) is 59.5. The average molecular weight is 1140 g/mol. The van der Waals surface area contributed by atoms with Gasteiger partial charge in [0.2, 0.25) is 0 Å². The molecule has 34 heteroatoms. The lowest BCUT2D eigenvalue weighted by Crippen LogP contribution is -2.70. The van der Waals surface area contributed by atoms with Gasteiger partial charge in [-0.15, -0.1) is 0 Å². The maximum Gasteiger partial charge on any atom is 0.306 e. The van der Waals surface area contributed by atoms with Crippen LogP contribution in [0.3, 0.4) is 0 Å². The lowest BCUT2D eigenvalue weighted by atomic mass is 9.94. The zero-order valence-electron chi connectivity index (χ0n) is 40.8. The topological polar surface area (TPSA) is 499 Å². The number of esters is 4. The molecule has 0 unspecified atom stereocenters. The molecular weight excluding hydrogens is 1070 g/mol. The monoisotopic (exact) mass is 1140 g/mol. The van der Waals surface area contributed by atoms with Crippen molar-refractivity contribution in [2.45, 2.75) is 210 Å². The second-order valence-electron chi connectivity index (χ2n) is 19.7. The van der Waals surface area contributed by atoms with Crippen molar-refractivity contribution in [3.8, 4) is 0 Å². The minimum Gasteiger partial charge on any atom is -0.456 e. The van der Waals surface area contributed by atoms with Crippen LogP contribution in [0, 0.1) is 0 Å². The molecule has 14 aliphatic rings. The summed E-state index contributed by atoms with van der Waals surface area (Å²) in [5.74, 6) is -5.14. The molecule has 0 aliphatic carbocycles. The Morgan fingerprint density at radius 3 is 0.628 bits per heavy atom. The Morgan fingerprint density at radius 1 is 0.244 bits per heavy atom. The normalized spacial score (nSPS) is 50.7. The van der Waals surface area contributed by atoms with Crippen molar-refractivity contribution < 1.29 is 166 Å². The zero-order chi connectivity index (χ0) is 56.0. The zero-order valence-corrected chi connectivity index (χ0v) is 40.8. The van der Waals surface area contributed by atoms with Gasteiger partial charge in [-0.05, 0) is 0 Å². The third-order valence-electron chi connectivity index (χ3n) is 14.7. The van der Waals surface area contributed by atoms with Crippen molar-refractivity contribution in [3.05, 3.63) is 0 Å². The molecule has 14 fully saturated rings. The van der Waals surface area contributed by atoms with Gasteiger partial charge >= 0.3 is 23.9 Å². The summed E-state index contributed by atoms with van der Waals surface area (Å²) < 4.78 is 93.5. The van der Waals surface area contributed by atoms with Crippen molar-refractivity contribution in [1.29, 1.82) is 0 Å². The van der Waals surface area contributed by atoms with Gasteiger partial charge in [0.1, 0.15) is 122 Å². The Kier molecular flexibility index (Phi) is 19.2. The number of aliphatic hydroxyl groups excluding tert-OH is 14. The van der Waals surface area contributed by atoms with Crippen molar-refractivity contribution in [2.75, 3.05) is 39.6 Å². The van der Waals surface area contributed by atoms with E-state index >= 15 is 0 Å². The van der Waals surface area contributed by atoms with Crippen LogP contribution in [0.4, 0.5) is 0 Å². The van der Waals surface area contributed by atoms with Crippen LogP contribution in [0.5, 0.6) is 0 Å². The largest absolute Gasteiger partial charge is 0.456 e. The van der Waals surface area contributed by atoms with Crippen LogP contribution >= 0.6 is 0 Å². The highest BCUT2D eigenvalue weighted by Crippen LogP contribution is 2.40. The van der Waals surface area contributed by atoms with Crippen molar-refractivity contribution >= 4 is 23.9 Å². The van der Waals surface area contributed by atoms with E-state index in [4.69, 9.17) is 75.8 Å². The number of hydrogen-bond donors (Lipinski definition) is 14. The second kappa shape index (κ2) is 25.1. The first-order chi connectivity index (χ1) is 37.3. The molecule has 14 heterocycles. The Labute approximate surface area is 439 Å². The Bertz CT molecular complexity index is 2030. The van der Waals surface area contributed by atoms with Gasteiger partial charge in [-0.1, -0.05) is 0 Å². The summed E-state index contributed by atoms with van der Waals surface area (Å²) in [6, 6.07) is 0. The first-order valence-electron chi connectivity index (χ1n) is 25.1. The number of ether oxygens (including phenoxy) is 16. The molecule has 14 aliphatic heterocycles. The van der Waals surface area contributed by atoms with Gasteiger partial charge in [-0.25, -0.2) is 0 Å². The number of rotatable bonds is 6. The van der Waals surface area contributed by atoms with Crippen LogP contribution in [0.1, 0.15) is 25.7 Å². The molecule has 0 amide bonds. The fraction of sp³-hybridized carbons (Fsp3) is 0.909. The van der Waals surface area contributed by atoms with E-state index in [-0.39, 0.29) is 0 Å². The van der Waals surface area contributed by atoms with E-state index in [9.17, 15) is 90.7 Å². The highest BCUT2D eigenvalue weighted by atomic mass is 16.8. The first-order valence-corrected chi connectivity index (χ1v) is 25.1. The van der Waals surface area contributed by atoms with E-state index in [2.05, 4.69) is 0 Å². The molecule has 0 radical (unpaired) electrons. The third-order valence-corrected chi connectivity index (χ3v) is 14.7. The van der Waals surface area contributed by atoms with Gasteiger partial charge < -0.3 is 147 Å². The quantitative estimate of drug-likeness (QED) is 0.0867. The second-order valence-corrected chi connectivity index (χ2v) is 19.7. The third kappa shape index (κ3) is 11.8. The maximum absolute atomic E-state index is 13.9. The molecule has 0 spiro atoms. The smallest absolute Gasteiger partial charge is 0.306 e. The SMILES string of the molecule is O=C1CCC(=O)O[C@@H]2[C@@H](O)[C@H]3O[C@H]4[C@H](O)[C@@H](O)[C@@H](O[C@H]5[C@H](O)[C@@H](O)[C@@H](O[C@@H]6[C@H](O1)[C@@H](O)[C@@H](O[C@@H]1[C@@H]7OC(=O)CCC(=O)O[C@@H]8[C@@H](O)[C@@H](O[C@H]2[C@@H](CO)O3)O[C@H](CO)[C@@H]8O[C@@H](O[C@@H]1CO)[C@@H]7O)O[C@@H]6CO)O[C@@H]5CO)O[C@@H]4CO. The minimum absolute atomic E-state index is 0.799. The summed E-state index contributed by atoms with van der Waals surface area (Å²) in [4.78, 5) is 54.8. The molecular formula is C44H64O34. The summed E-state index contributed by atoms with van der Waals surface area (Å²) in [5, 5.41) is 158. The molecule has 14 saturated heterocycles. The van der Waals surface area contributed by atoms with Crippen LogP contribution in [-0.2, 0) is 95.0 Å². The van der Waals surface area contributed by atoms with Crippen LogP contribution in [0.2, 0.25) is 0 Å². The highest BCUT2D eigenvalue weighted by Gasteiger charge is 2.61. The molecule has 444 valence electrons. The lowest BCUT2D eigenvalue weighted by Gasteiger charge is -2.51. The van der Waals surface area contributed by atoms with Crippen molar-refractivity contribution in [2.24, 2.45) is 0 Å². The molecule has 78 heavy (non-hydrogen) atoms. The molecule has 34 nitrogen and oxygen atoms in total. The van der Waals surface area contributed by atoms with Crippen molar-refractivity contribution in [1.82, 2.24) is 0 Å². The Morgan fingerprint density at radius 2 is 0.423 bits per heavy atom.